The van der Waals surface area contributed by atoms with Crippen LogP contribution in [0.15, 0.2) is 23.0 Å². The number of halogens is 1. The second-order valence-electron chi connectivity index (χ2n) is 8.18. The summed E-state index contributed by atoms with van der Waals surface area (Å²) < 4.78 is 26.1. The SMILES string of the molecule is CC[C@@]1(O)C(=O)OCc2c1cc1n(c2=O)Cc2c-1nc1cc(F)c(OC)cc1c2CNC(=O)O. The number of esters is 1. The maximum absolute atomic E-state index is 14.5. The lowest BCUT2D eigenvalue weighted by Gasteiger charge is -2.31. The molecule has 0 aliphatic carbocycles. The van der Waals surface area contributed by atoms with E-state index in [-0.39, 0.29) is 48.5 Å². The van der Waals surface area contributed by atoms with E-state index in [1.165, 1.54) is 23.8 Å². The van der Waals surface area contributed by atoms with Crippen LogP contribution < -0.4 is 15.6 Å². The standard InChI is InChI=1S/C23H20FN3O7/c1-3-23(32)14-5-17-19-12(8-27(17)20(28)13(14)9-34-21(23)29)11(7-25-22(30)31)10-4-18(33-2)15(24)6-16(10)26-19/h4-6,25,32H,3,7-9H2,1-2H3,(H,30,31)/t23-/m0/s1. The van der Waals surface area contributed by atoms with Crippen molar-refractivity contribution in [1.82, 2.24) is 14.9 Å². The van der Waals surface area contributed by atoms with Gasteiger partial charge in [0, 0.05) is 29.1 Å². The van der Waals surface area contributed by atoms with E-state index >= 15 is 0 Å². The molecule has 2 aliphatic rings. The molecule has 10 nitrogen and oxygen atoms in total. The zero-order valence-corrected chi connectivity index (χ0v) is 18.3. The summed E-state index contributed by atoms with van der Waals surface area (Å²) in [5.74, 6) is -1.52. The number of carbonyl (C=O) groups is 2. The quantitative estimate of drug-likeness (QED) is 0.386. The highest BCUT2D eigenvalue weighted by atomic mass is 19.1. The largest absolute Gasteiger partial charge is 0.494 e. The van der Waals surface area contributed by atoms with Crippen LogP contribution in [0.5, 0.6) is 5.75 Å². The fraction of sp³-hybridized carbons (Fsp3) is 0.304. The van der Waals surface area contributed by atoms with Crippen LogP contribution in [0.25, 0.3) is 22.3 Å². The molecule has 0 fully saturated rings. The topological polar surface area (TPSA) is 140 Å². The van der Waals surface area contributed by atoms with Crippen LogP contribution in [-0.2, 0) is 34.8 Å². The number of hydrogen-bond acceptors (Lipinski definition) is 7. The van der Waals surface area contributed by atoms with Crippen LogP contribution in [0.4, 0.5) is 9.18 Å². The molecule has 176 valence electrons. The number of carboxylic acid groups (broad SMARTS) is 1. The Balaban J connectivity index is 1.81. The van der Waals surface area contributed by atoms with Crippen molar-refractivity contribution < 1.29 is 33.7 Å². The molecule has 0 unspecified atom stereocenters. The van der Waals surface area contributed by atoms with Crippen molar-refractivity contribution in [2.24, 2.45) is 0 Å². The number of amides is 1. The maximum Gasteiger partial charge on any atom is 0.404 e. The molecule has 0 saturated heterocycles. The number of carbonyl (C=O) groups excluding carboxylic acids is 1. The molecule has 3 N–H and O–H groups in total. The molecule has 0 bridgehead atoms. The smallest absolute Gasteiger partial charge is 0.404 e. The number of aromatic nitrogens is 2. The Morgan fingerprint density at radius 1 is 1.32 bits per heavy atom. The minimum Gasteiger partial charge on any atom is -0.494 e. The molecule has 0 spiro atoms. The number of aliphatic hydroxyl groups is 1. The van der Waals surface area contributed by atoms with Crippen molar-refractivity contribution in [3.8, 4) is 17.1 Å². The number of cyclic esters (lactones) is 1. The molecular formula is C23H20FN3O7. The molecule has 1 amide bonds. The van der Waals surface area contributed by atoms with Crippen molar-refractivity contribution in [3.63, 3.8) is 0 Å². The van der Waals surface area contributed by atoms with Crippen molar-refractivity contribution in [2.75, 3.05) is 7.11 Å². The van der Waals surface area contributed by atoms with Gasteiger partial charge in [-0.15, -0.1) is 0 Å². The van der Waals surface area contributed by atoms with Gasteiger partial charge in [0.05, 0.1) is 36.1 Å². The molecular weight excluding hydrogens is 449 g/mol. The summed E-state index contributed by atoms with van der Waals surface area (Å²) in [5.41, 5.74) is -0.0907. The average molecular weight is 469 g/mol. The van der Waals surface area contributed by atoms with Gasteiger partial charge in [-0.2, -0.15) is 0 Å². The molecule has 3 aromatic rings. The Morgan fingerprint density at radius 2 is 2.09 bits per heavy atom. The third-order valence-electron chi connectivity index (χ3n) is 6.50. The van der Waals surface area contributed by atoms with Gasteiger partial charge >= 0.3 is 12.1 Å². The van der Waals surface area contributed by atoms with Crippen molar-refractivity contribution >= 4 is 23.0 Å². The van der Waals surface area contributed by atoms with Gasteiger partial charge in [-0.05, 0) is 24.1 Å². The second-order valence-corrected chi connectivity index (χ2v) is 8.18. The molecule has 2 aliphatic heterocycles. The van der Waals surface area contributed by atoms with Gasteiger partial charge in [0.15, 0.2) is 17.2 Å². The van der Waals surface area contributed by atoms with Crippen LogP contribution >= 0.6 is 0 Å². The summed E-state index contributed by atoms with van der Waals surface area (Å²) in [7, 11) is 1.32. The zero-order valence-electron chi connectivity index (χ0n) is 18.3. The fourth-order valence-corrected chi connectivity index (χ4v) is 4.69. The molecule has 0 saturated carbocycles. The number of nitrogens with one attached hydrogen (secondary N) is 1. The molecule has 2 aromatic heterocycles. The summed E-state index contributed by atoms with van der Waals surface area (Å²) in [6.45, 7) is 1.30. The maximum atomic E-state index is 14.5. The number of benzene rings is 1. The fourth-order valence-electron chi connectivity index (χ4n) is 4.69. The highest BCUT2D eigenvalue weighted by Gasteiger charge is 2.45. The normalized spacial score (nSPS) is 18.2. The van der Waals surface area contributed by atoms with Crippen LogP contribution in [0.2, 0.25) is 0 Å². The van der Waals surface area contributed by atoms with Gasteiger partial charge < -0.3 is 29.6 Å². The first-order valence-electron chi connectivity index (χ1n) is 10.5. The van der Waals surface area contributed by atoms with Gasteiger partial charge in [-0.25, -0.2) is 19.0 Å². The monoisotopic (exact) mass is 469 g/mol. The Labute approximate surface area is 191 Å². The minimum atomic E-state index is -1.98. The Morgan fingerprint density at radius 3 is 2.76 bits per heavy atom. The van der Waals surface area contributed by atoms with Crippen molar-refractivity contribution in [1.29, 1.82) is 0 Å². The molecule has 4 heterocycles. The number of pyridine rings is 2. The summed E-state index contributed by atoms with van der Waals surface area (Å²) in [4.78, 5) is 41.5. The molecule has 11 heteroatoms. The van der Waals surface area contributed by atoms with Crippen LogP contribution in [0, 0.1) is 5.82 Å². The summed E-state index contributed by atoms with van der Waals surface area (Å²) in [5, 5.41) is 23.0. The first kappa shape index (κ1) is 21.8. The lowest BCUT2D eigenvalue weighted by atomic mass is 9.86. The predicted octanol–water partition coefficient (Wildman–Crippen LogP) is 1.99. The Kier molecular flexibility index (Phi) is 4.83. The second kappa shape index (κ2) is 7.52. The highest BCUT2D eigenvalue weighted by Crippen LogP contribution is 2.41. The van der Waals surface area contributed by atoms with E-state index in [2.05, 4.69) is 10.3 Å². The van der Waals surface area contributed by atoms with E-state index in [1.807, 2.05) is 0 Å². The molecule has 34 heavy (non-hydrogen) atoms. The average Bonchev–Trinajstić information content (AvgIpc) is 3.17. The van der Waals surface area contributed by atoms with Crippen LogP contribution in [-0.4, -0.2) is 38.9 Å². The van der Waals surface area contributed by atoms with E-state index in [1.54, 1.807) is 13.0 Å². The predicted molar refractivity (Wildman–Crippen MR) is 116 cm³/mol. The molecule has 1 atom stereocenters. The summed E-state index contributed by atoms with van der Waals surface area (Å²) in [6, 6.07) is 4.16. The Bertz CT molecular complexity index is 1470. The molecule has 0 radical (unpaired) electrons. The van der Waals surface area contributed by atoms with Crippen LogP contribution in [0.3, 0.4) is 0 Å². The van der Waals surface area contributed by atoms with Gasteiger partial charge in [0.1, 0.15) is 6.61 Å². The van der Waals surface area contributed by atoms with E-state index in [4.69, 9.17) is 9.47 Å². The lowest BCUT2D eigenvalue weighted by molar-refractivity contribution is -0.172. The zero-order chi connectivity index (χ0) is 24.4. The van der Waals surface area contributed by atoms with E-state index in [9.17, 15) is 29.0 Å². The summed E-state index contributed by atoms with van der Waals surface area (Å²) in [6.07, 6.45) is -1.25. The number of ether oxygens (including phenoxy) is 2. The Hall–Kier alpha value is -3.99. The lowest BCUT2D eigenvalue weighted by Crippen LogP contribution is -2.44. The number of hydrogen-bond donors (Lipinski definition) is 3. The van der Waals surface area contributed by atoms with Gasteiger partial charge in [0.25, 0.3) is 5.56 Å². The summed E-state index contributed by atoms with van der Waals surface area (Å²) >= 11 is 0. The van der Waals surface area contributed by atoms with Gasteiger partial charge in [0.2, 0.25) is 0 Å². The first-order chi connectivity index (χ1) is 16.2. The molecule has 5 rings (SSSR count). The number of fused-ring (bicyclic) bond motifs is 5. The van der Waals surface area contributed by atoms with E-state index in [0.717, 1.165) is 0 Å². The molecule has 1 aromatic carbocycles. The number of rotatable bonds is 4. The third-order valence-corrected chi connectivity index (χ3v) is 6.50. The first-order valence-corrected chi connectivity index (χ1v) is 10.5. The minimum absolute atomic E-state index is 0.00147. The third kappa shape index (κ3) is 2.97. The van der Waals surface area contributed by atoms with Crippen LogP contribution in [0.1, 0.15) is 35.6 Å². The van der Waals surface area contributed by atoms with E-state index < -0.39 is 29.0 Å². The number of methoxy groups -OCH3 is 1. The van der Waals surface area contributed by atoms with Gasteiger partial charge in [-0.3, -0.25) is 4.79 Å². The van der Waals surface area contributed by atoms with Gasteiger partial charge in [-0.1, -0.05) is 6.92 Å². The highest BCUT2D eigenvalue weighted by molar-refractivity contribution is 5.90. The number of nitrogens with zero attached hydrogens (tertiary/aromatic N) is 2. The van der Waals surface area contributed by atoms with Crippen molar-refractivity contribution in [3.05, 3.63) is 56.6 Å². The van der Waals surface area contributed by atoms with Crippen molar-refractivity contribution in [2.45, 2.75) is 38.6 Å². The van der Waals surface area contributed by atoms with E-state index in [0.29, 0.717) is 27.9 Å².